The van der Waals surface area contributed by atoms with Gasteiger partial charge in [0.1, 0.15) is 24.4 Å². The van der Waals surface area contributed by atoms with E-state index in [1.807, 2.05) is 6.08 Å². The topological polar surface area (TPSA) is 175 Å². The lowest BCUT2D eigenvalue weighted by Crippen LogP contribution is -2.60. The fourth-order valence-electron chi connectivity index (χ4n) is 8.63. The Bertz CT molecular complexity index is 1150. The number of nitrogens with one attached hydrogen (secondary N) is 1. The predicted octanol–water partition coefficient (Wildman–Crippen LogP) is 11.8. The molecule has 0 saturated carbocycles. The molecule has 0 aromatic rings. The Kier molecular flexibility index (Phi) is 42.9. The van der Waals surface area contributed by atoms with Gasteiger partial charge in [0, 0.05) is 12.8 Å². The van der Waals surface area contributed by atoms with Crippen molar-refractivity contribution < 1.29 is 49.3 Å². The van der Waals surface area contributed by atoms with Crippen molar-refractivity contribution in [3.8, 4) is 0 Å². The normalized spacial score (nSPS) is 19.8. The highest BCUT2D eigenvalue weighted by molar-refractivity contribution is 5.76. The molecule has 11 nitrogen and oxygen atoms in total. The first-order chi connectivity index (χ1) is 32.2. The van der Waals surface area contributed by atoms with Crippen molar-refractivity contribution in [3.05, 3.63) is 24.3 Å². The summed E-state index contributed by atoms with van der Waals surface area (Å²) in [5, 5.41) is 54.3. The molecule has 1 saturated heterocycles. The van der Waals surface area contributed by atoms with Crippen LogP contribution in [0.25, 0.3) is 0 Å². The van der Waals surface area contributed by atoms with Gasteiger partial charge in [-0.2, -0.15) is 0 Å². The number of carbonyl (C=O) groups excluding carboxylic acids is 2. The first-order valence-corrected chi connectivity index (χ1v) is 27.6. The van der Waals surface area contributed by atoms with Crippen LogP contribution in [0.2, 0.25) is 0 Å². The van der Waals surface area contributed by atoms with Crippen LogP contribution in [0, 0.1) is 0 Å². The number of hydrogen-bond acceptors (Lipinski definition) is 10. The van der Waals surface area contributed by atoms with E-state index in [2.05, 4.69) is 31.3 Å². The van der Waals surface area contributed by atoms with Crippen molar-refractivity contribution in [2.45, 2.75) is 294 Å². The maximum Gasteiger partial charge on any atom is 0.305 e. The molecular formula is C55H103NO10. The molecule has 7 atom stereocenters. The van der Waals surface area contributed by atoms with Crippen molar-refractivity contribution in [1.82, 2.24) is 5.32 Å². The Morgan fingerprint density at radius 2 is 0.985 bits per heavy atom. The van der Waals surface area contributed by atoms with Crippen molar-refractivity contribution in [1.29, 1.82) is 0 Å². The number of unbranched alkanes of at least 4 members (excludes halogenated alkanes) is 31. The van der Waals surface area contributed by atoms with Gasteiger partial charge in [-0.1, -0.05) is 218 Å². The van der Waals surface area contributed by atoms with Crippen molar-refractivity contribution in [2.24, 2.45) is 0 Å². The minimum Gasteiger partial charge on any atom is -0.466 e. The highest BCUT2D eigenvalue weighted by Gasteiger charge is 2.44. The molecule has 1 aliphatic rings. The number of esters is 1. The Morgan fingerprint density at radius 1 is 0.545 bits per heavy atom. The van der Waals surface area contributed by atoms with Gasteiger partial charge in [0.05, 0.1) is 32.0 Å². The molecule has 1 heterocycles. The minimum absolute atomic E-state index is 0.0345. The molecule has 0 aromatic carbocycles. The van der Waals surface area contributed by atoms with E-state index < -0.39 is 49.5 Å². The van der Waals surface area contributed by atoms with Crippen LogP contribution in [0.15, 0.2) is 24.3 Å². The average molecular weight is 938 g/mol. The molecule has 0 radical (unpaired) electrons. The summed E-state index contributed by atoms with van der Waals surface area (Å²) in [5.41, 5.74) is 0. The molecule has 1 fully saturated rings. The van der Waals surface area contributed by atoms with Crippen LogP contribution in [0.3, 0.4) is 0 Å². The molecule has 1 amide bonds. The van der Waals surface area contributed by atoms with Crippen LogP contribution in [0.4, 0.5) is 0 Å². The summed E-state index contributed by atoms with van der Waals surface area (Å²) in [6.07, 6.45) is 42.4. The molecule has 66 heavy (non-hydrogen) atoms. The van der Waals surface area contributed by atoms with Crippen LogP contribution < -0.4 is 5.32 Å². The molecule has 0 bridgehead atoms. The molecule has 0 spiro atoms. The molecule has 0 aliphatic carbocycles. The van der Waals surface area contributed by atoms with E-state index in [9.17, 15) is 35.1 Å². The third-order valence-electron chi connectivity index (χ3n) is 13.1. The zero-order valence-corrected chi connectivity index (χ0v) is 42.4. The molecule has 1 aliphatic heterocycles. The molecule has 1 rings (SSSR count). The highest BCUT2D eigenvalue weighted by atomic mass is 16.7. The van der Waals surface area contributed by atoms with Crippen LogP contribution in [0.1, 0.15) is 251 Å². The molecule has 0 aromatic heterocycles. The first kappa shape index (κ1) is 62.2. The summed E-state index contributed by atoms with van der Waals surface area (Å²) in [6.45, 7) is 4.27. The Hall–Kier alpha value is -1.86. The summed E-state index contributed by atoms with van der Waals surface area (Å²) >= 11 is 0. The predicted molar refractivity (Wildman–Crippen MR) is 269 cm³/mol. The number of ether oxygens (including phenoxy) is 3. The van der Waals surface area contributed by atoms with Gasteiger partial charge in [-0.3, -0.25) is 9.59 Å². The van der Waals surface area contributed by atoms with Gasteiger partial charge in [0.15, 0.2) is 6.29 Å². The maximum atomic E-state index is 13.0. The average Bonchev–Trinajstić information content (AvgIpc) is 3.31. The fraction of sp³-hybridized carbons (Fsp3) is 0.891. The maximum absolute atomic E-state index is 13.0. The zero-order valence-electron chi connectivity index (χ0n) is 42.4. The minimum atomic E-state index is -1.58. The monoisotopic (exact) mass is 938 g/mol. The number of carbonyl (C=O) groups is 2. The molecule has 7 unspecified atom stereocenters. The van der Waals surface area contributed by atoms with Crippen molar-refractivity contribution >= 4 is 11.9 Å². The van der Waals surface area contributed by atoms with Crippen LogP contribution in [-0.4, -0.2) is 100 Å². The largest absolute Gasteiger partial charge is 0.466 e. The third kappa shape index (κ3) is 35.3. The number of rotatable bonds is 47. The number of allylic oxidation sites excluding steroid dienone is 3. The molecule has 11 heteroatoms. The molecule has 388 valence electrons. The van der Waals surface area contributed by atoms with Crippen LogP contribution in [0.5, 0.6) is 0 Å². The first-order valence-electron chi connectivity index (χ1n) is 27.6. The standard InChI is InChI=1S/C55H103NO10/c1-3-5-7-9-11-13-15-16-17-18-22-25-29-33-37-41-48(58)47(46-65-55-54(63)53(62)52(61)49(45-57)66-55)56-50(59)42-38-34-30-26-23-19-20-24-28-32-36-40-44-64-51(60)43-39-35-31-27-21-14-12-10-8-6-4-2/h22,25,37,41,47-49,52-55,57-58,61-63H,3-21,23-24,26-36,38-40,42-46H2,1-2H3,(H,56,59)/b25-22+,41-37+. The number of aliphatic hydroxyl groups is 5. The number of aliphatic hydroxyl groups excluding tert-OH is 5. The third-order valence-corrected chi connectivity index (χ3v) is 13.1. The lowest BCUT2D eigenvalue weighted by molar-refractivity contribution is -0.302. The smallest absolute Gasteiger partial charge is 0.305 e. The number of amides is 1. The quantitative estimate of drug-likeness (QED) is 0.0196. The highest BCUT2D eigenvalue weighted by Crippen LogP contribution is 2.23. The van der Waals surface area contributed by atoms with Gasteiger partial charge in [0.2, 0.25) is 5.91 Å². The Labute approximate surface area is 403 Å². The van der Waals surface area contributed by atoms with Crippen LogP contribution >= 0.6 is 0 Å². The second-order valence-corrected chi connectivity index (χ2v) is 19.3. The van der Waals surface area contributed by atoms with Gasteiger partial charge < -0.3 is 45.1 Å². The van der Waals surface area contributed by atoms with Gasteiger partial charge in [-0.05, 0) is 44.9 Å². The lowest BCUT2D eigenvalue weighted by atomic mass is 9.99. The van der Waals surface area contributed by atoms with E-state index in [4.69, 9.17) is 14.2 Å². The zero-order chi connectivity index (χ0) is 48.1. The summed E-state index contributed by atoms with van der Waals surface area (Å²) in [7, 11) is 0. The lowest BCUT2D eigenvalue weighted by Gasteiger charge is -2.40. The van der Waals surface area contributed by atoms with E-state index >= 15 is 0 Å². The van der Waals surface area contributed by atoms with E-state index in [-0.39, 0.29) is 18.5 Å². The van der Waals surface area contributed by atoms with E-state index in [0.29, 0.717) is 19.4 Å². The van der Waals surface area contributed by atoms with E-state index in [1.165, 1.54) is 154 Å². The van der Waals surface area contributed by atoms with Gasteiger partial charge >= 0.3 is 5.97 Å². The summed E-state index contributed by atoms with van der Waals surface area (Å²) < 4.78 is 16.7. The summed E-state index contributed by atoms with van der Waals surface area (Å²) in [4.78, 5) is 25.1. The summed E-state index contributed by atoms with van der Waals surface area (Å²) in [6, 6.07) is -0.838. The Balaban J connectivity index is 2.22. The van der Waals surface area contributed by atoms with Gasteiger partial charge in [-0.25, -0.2) is 0 Å². The second-order valence-electron chi connectivity index (χ2n) is 19.3. The van der Waals surface area contributed by atoms with Crippen molar-refractivity contribution in [2.75, 3.05) is 19.8 Å². The molecule has 6 N–H and O–H groups in total. The summed E-state index contributed by atoms with van der Waals surface area (Å²) in [5.74, 6) is -0.241. The Morgan fingerprint density at radius 3 is 1.50 bits per heavy atom. The van der Waals surface area contributed by atoms with Crippen LogP contribution in [-0.2, 0) is 23.8 Å². The SMILES string of the molecule is CCCCCCCCCCC/C=C/CC/C=C/C(O)C(COC1OC(CO)C(O)C(O)C1O)NC(=O)CCCCCCCCCCCCCCOC(=O)CCCCCCCCCCCCC. The molecular weight excluding hydrogens is 835 g/mol. The fourth-order valence-corrected chi connectivity index (χ4v) is 8.63. The van der Waals surface area contributed by atoms with E-state index in [1.54, 1.807) is 6.08 Å². The second kappa shape index (κ2) is 45.6. The van der Waals surface area contributed by atoms with Gasteiger partial charge in [0.25, 0.3) is 0 Å². The van der Waals surface area contributed by atoms with Crippen molar-refractivity contribution in [3.63, 3.8) is 0 Å². The van der Waals surface area contributed by atoms with E-state index in [0.717, 1.165) is 70.6 Å². The van der Waals surface area contributed by atoms with Gasteiger partial charge in [-0.15, -0.1) is 0 Å². The number of hydrogen-bond donors (Lipinski definition) is 6.